The highest BCUT2D eigenvalue weighted by Crippen LogP contribution is 2.31. The summed E-state index contributed by atoms with van der Waals surface area (Å²) in [4.78, 5) is 4.75. The van der Waals surface area contributed by atoms with Crippen LogP contribution in [0.4, 0.5) is 0 Å². The Kier molecular flexibility index (Phi) is 1.82. The Balaban J connectivity index is 1.92. The van der Waals surface area contributed by atoms with Crippen molar-refractivity contribution in [3.05, 3.63) is 24.3 Å². The molecule has 0 aromatic rings. The molecule has 0 aromatic heterocycles. The standard InChI is InChI=1S/C11H13N3/c1-2-4-10-8(3-1)5-9-6-12-13-7-11(9)14-10/h1-4,8-10H,5-7H2. The van der Waals surface area contributed by atoms with Crippen molar-refractivity contribution >= 4 is 5.71 Å². The molecule has 0 bridgehead atoms. The van der Waals surface area contributed by atoms with Crippen LogP contribution in [0.1, 0.15) is 6.42 Å². The first kappa shape index (κ1) is 8.09. The third kappa shape index (κ3) is 1.24. The number of allylic oxidation sites excluding steroid dienone is 2. The van der Waals surface area contributed by atoms with Gasteiger partial charge in [-0.25, -0.2) is 0 Å². The molecule has 3 rings (SSSR count). The summed E-state index contributed by atoms with van der Waals surface area (Å²) in [6, 6.07) is 0.375. The van der Waals surface area contributed by atoms with Crippen LogP contribution in [0.25, 0.3) is 0 Å². The van der Waals surface area contributed by atoms with Gasteiger partial charge in [0.1, 0.15) is 0 Å². The molecule has 0 saturated carbocycles. The van der Waals surface area contributed by atoms with E-state index in [1.54, 1.807) is 0 Å². The summed E-state index contributed by atoms with van der Waals surface area (Å²) in [6.07, 6.45) is 9.89. The summed E-state index contributed by atoms with van der Waals surface area (Å²) in [7, 11) is 0. The van der Waals surface area contributed by atoms with Crippen molar-refractivity contribution in [2.24, 2.45) is 27.1 Å². The summed E-state index contributed by atoms with van der Waals surface area (Å²) < 4.78 is 0. The van der Waals surface area contributed by atoms with E-state index in [1.807, 2.05) is 0 Å². The second kappa shape index (κ2) is 3.15. The first-order valence-electron chi connectivity index (χ1n) is 5.18. The minimum Gasteiger partial charge on any atom is -0.284 e. The third-order valence-electron chi connectivity index (χ3n) is 3.19. The first-order valence-corrected chi connectivity index (χ1v) is 5.18. The molecule has 0 saturated heterocycles. The molecule has 3 atom stereocenters. The molecule has 0 spiro atoms. The van der Waals surface area contributed by atoms with Gasteiger partial charge in [0, 0.05) is 17.5 Å². The second-order valence-corrected chi connectivity index (χ2v) is 4.10. The Labute approximate surface area is 83.3 Å². The minimum absolute atomic E-state index is 0.375. The van der Waals surface area contributed by atoms with Crippen molar-refractivity contribution < 1.29 is 0 Å². The fourth-order valence-electron chi connectivity index (χ4n) is 2.39. The molecule has 3 heteroatoms. The summed E-state index contributed by atoms with van der Waals surface area (Å²) in [5, 5.41) is 8.15. The van der Waals surface area contributed by atoms with Crippen LogP contribution in [0.3, 0.4) is 0 Å². The predicted octanol–water partition coefficient (Wildman–Crippen LogP) is 2.02. The largest absolute Gasteiger partial charge is 0.284 e. The number of fused-ring (bicyclic) bond motifs is 2. The summed E-state index contributed by atoms with van der Waals surface area (Å²) >= 11 is 0. The van der Waals surface area contributed by atoms with Crippen LogP contribution in [0.15, 0.2) is 39.5 Å². The van der Waals surface area contributed by atoms with Crippen molar-refractivity contribution in [2.75, 3.05) is 13.1 Å². The van der Waals surface area contributed by atoms with Gasteiger partial charge in [0.15, 0.2) is 0 Å². The lowest BCUT2D eigenvalue weighted by atomic mass is 9.81. The number of hydrogen-bond donors (Lipinski definition) is 0. The van der Waals surface area contributed by atoms with Gasteiger partial charge in [0.25, 0.3) is 0 Å². The summed E-state index contributed by atoms with van der Waals surface area (Å²) in [5.74, 6) is 1.16. The second-order valence-electron chi connectivity index (χ2n) is 4.10. The Hall–Kier alpha value is -1.25. The molecule has 1 aliphatic carbocycles. The highest BCUT2D eigenvalue weighted by atomic mass is 15.1. The van der Waals surface area contributed by atoms with Crippen molar-refractivity contribution in [1.82, 2.24) is 0 Å². The summed E-state index contributed by atoms with van der Waals surface area (Å²) in [5.41, 5.74) is 1.27. The molecule has 2 aliphatic heterocycles. The maximum Gasteiger partial charge on any atom is 0.0980 e. The van der Waals surface area contributed by atoms with Gasteiger partial charge in [-0.1, -0.05) is 24.3 Å². The van der Waals surface area contributed by atoms with Gasteiger partial charge < -0.3 is 0 Å². The summed E-state index contributed by atoms with van der Waals surface area (Å²) in [6.45, 7) is 1.57. The zero-order valence-corrected chi connectivity index (χ0v) is 8.00. The average molecular weight is 187 g/mol. The lowest BCUT2D eigenvalue weighted by Crippen LogP contribution is -2.35. The van der Waals surface area contributed by atoms with E-state index >= 15 is 0 Å². The van der Waals surface area contributed by atoms with Crippen LogP contribution in [0, 0.1) is 11.8 Å². The van der Waals surface area contributed by atoms with Crippen LogP contribution in [-0.4, -0.2) is 24.8 Å². The van der Waals surface area contributed by atoms with Crippen molar-refractivity contribution in [1.29, 1.82) is 0 Å². The van der Waals surface area contributed by atoms with Gasteiger partial charge in [0.2, 0.25) is 0 Å². The highest BCUT2D eigenvalue weighted by molar-refractivity contribution is 5.90. The molecule has 0 N–H and O–H groups in total. The number of azo groups is 1. The van der Waals surface area contributed by atoms with E-state index in [0.29, 0.717) is 17.9 Å². The van der Waals surface area contributed by atoms with Gasteiger partial charge in [-0.15, -0.1) is 0 Å². The van der Waals surface area contributed by atoms with Crippen LogP contribution in [-0.2, 0) is 0 Å². The minimum atomic E-state index is 0.375. The quantitative estimate of drug-likeness (QED) is 0.556. The van der Waals surface area contributed by atoms with Gasteiger partial charge in [-0.2, -0.15) is 10.2 Å². The monoisotopic (exact) mass is 187 g/mol. The maximum atomic E-state index is 4.75. The van der Waals surface area contributed by atoms with Crippen LogP contribution >= 0.6 is 0 Å². The van der Waals surface area contributed by atoms with E-state index in [4.69, 9.17) is 4.99 Å². The molecule has 3 nitrogen and oxygen atoms in total. The zero-order chi connectivity index (χ0) is 9.38. The average Bonchev–Trinajstić information content (AvgIpc) is 2.26. The molecule has 2 heterocycles. The van der Waals surface area contributed by atoms with Crippen molar-refractivity contribution in [3.63, 3.8) is 0 Å². The van der Waals surface area contributed by atoms with Gasteiger partial charge in [-0.3, -0.25) is 4.99 Å². The molecule has 0 aromatic carbocycles. The molecular formula is C11H13N3. The van der Waals surface area contributed by atoms with E-state index in [-0.39, 0.29) is 0 Å². The van der Waals surface area contributed by atoms with Crippen LogP contribution < -0.4 is 0 Å². The van der Waals surface area contributed by atoms with Crippen LogP contribution in [0.5, 0.6) is 0 Å². The van der Waals surface area contributed by atoms with Gasteiger partial charge >= 0.3 is 0 Å². The molecule has 0 radical (unpaired) electrons. The molecule has 14 heavy (non-hydrogen) atoms. The van der Waals surface area contributed by atoms with E-state index in [1.165, 1.54) is 12.1 Å². The molecule has 3 unspecified atom stereocenters. The Morgan fingerprint density at radius 1 is 1.14 bits per heavy atom. The van der Waals surface area contributed by atoms with Gasteiger partial charge in [0.05, 0.1) is 19.1 Å². The van der Waals surface area contributed by atoms with E-state index in [2.05, 4.69) is 34.5 Å². The van der Waals surface area contributed by atoms with Crippen molar-refractivity contribution in [2.45, 2.75) is 12.5 Å². The van der Waals surface area contributed by atoms with Crippen molar-refractivity contribution in [3.8, 4) is 0 Å². The third-order valence-corrected chi connectivity index (χ3v) is 3.19. The molecule has 72 valence electrons. The number of aliphatic imine (C=N–C) groups is 1. The normalized spacial score (nSPS) is 38.9. The Morgan fingerprint density at radius 3 is 3.07 bits per heavy atom. The maximum absolute atomic E-state index is 4.75. The number of nitrogens with zero attached hydrogens (tertiary/aromatic N) is 3. The predicted molar refractivity (Wildman–Crippen MR) is 55.7 cm³/mol. The van der Waals surface area contributed by atoms with Crippen LogP contribution in [0.2, 0.25) is 0 Å². The topological polar surface area (TPSA) is 37.1 Å². The lowest BCUT2D eigenvalue weighted by molar-refractivity contribution is 0.426. The zero-order valence-electron chi connectivity index (χ0n) is 8.00. The van der Waals surface area contributed by atoms with E-state index in [0.717, 1.165) is 13.1 Å². The SMILES string of the molecule is C1=CC2CC3CN=NCC3=NC2C=C1. The fourth-order valence-corrected chi connectivity index (χ4v) is 2.39. The molecular weight excluding hydrogens is 174 g/mol. The number of rotatable bonds is 0. The first-order chi connectivity index (χ1) is 6.93. The molecule has 3 aliphatic rings. The van der Waals surface area contributed by atoms with Gasteiger partial charge in [-0.05, 0) is 6.42 Å². The molecule has 0 amide bonds. The smallest absolute Gasteiger partial charge is 0.0980 e. The Morgan fingerprint density at radius 2 is 2.07 bits per heavy atom. The molecule has 0 fully saturated rings. The Bertz CT molecular complexity index is 352. The van der Waals surface area contributed by atoms with E-state index in [9.17, 15) is 0 Å². The highest BCUT2D eigenvalue weighted by Gasteiger charge is 2.31. The number of hydrogen-bond acceptors (Lipinski definition) is 3. The fraction of sp³-hybridized carbons (Fsp3) is 0.545. The van der Waals surface area contributed by atoms with E-state index < -0.39 is 0 Å². The lowest BCUT2D eigenvalue weighted by Gasteiger charge is -2.32.